The molecule has 2 heterocycles. The molecule has 26 heavy (non-hydrogen) atoms. The molecule has 0 radical (unpaired) electrons. The summed E-state index contributed by atoms with van der Waals surface area (Å²) in [5.41, 5.74) is -0.0758. The molecule has 1 aromatic carbocycles. The number of aromatic nitrogens is 2. The van der Waals surface area contributed by atoms with Crippen LogP contribution in [-0.4, -0.2) is 46.2 Å². The van der Waals surface area contributed by atoms with Crippen molar-refractivity contribution in [2.45, 2.75) is 31.3 Å². The van der Waals surface area contributed by atoms with Crippen LogP contribution in [-0.2, 0) is 11.2 Å². The summed E-state index contributed by atoms with van der Waals surface area (Å²) in [5, 5.41) is 13.6. The second kappa shape index (κ2) is 8.23. The summed E-state index contributed by atoms with van der Waals surface area (Å²) in [5.74, 6) is 0.318. The average molecular weight is 358 g/mol. The summed E-state index contributed by atoms with van der Waals surface area (Å²) in [4.78, 5) is 22.4. The Kier molecular flexibility index (Phi) is 5.78. The summed E-state index contributed by atoms with van der Waals surface area (Å²) >= 11 is 0. The van der Waals surface area contributed by atoms with Crippen molar-refractivity contribution in [3.63, 3.8) is 0 Å². The van der Waals surface area contributed by atoms with Crippen molar-refractivity contribution < 1.29 is 14.3 Å². The Labute approximate surface area is 152 Å². The van der Waals surface area contributed by atoms with Gasteiger partial charge in [-0.2, -0.15) is 0 Å². The molecule has 2 aromatic rings. The topological polar surface area (TPSA) is 78.4 Å². The molecule has 138 valence electrons. The lowest BCUT2D eigenvalue weighted by molar-refractivity contribution is -0.122. The van der Waals surface area contributed by atoms with Crippen molar-refractivity contribution in [1.82, 2.24) is 15.3 Å². The zero-order valence-corrected chi connectivity index (χ0v) is 14.6. The van der Waals surface area contributed by atoms with Crippen LogP contribution >= 0.6 is 0 Å². The summed E-state index contributed by atoms with van der Waals surface area (Å²) in [6.45, 7) is 1.41. The van der Waals surface area contributed by atoms with Gasteiger partial charge >= 0.3 is 0 Å². The van der Waals surface area contributed by atoms with Crippen LogP contribution < -0.4 is 10.2 Å². The van der Waals surface area contributed by atoms with Crippen LogP contribution in [0.5, 0.6) is 0 Å². The molecule has 1 aliphatic rings. The number of rotatable bonds is 6. The highest BCUT2D eigenvalue weighted by atomic mass is 19.1. The van der Waals surface area contributed by atoms with Crippen LogP contribution in [0.2, 0.25) is 0 Å². The number of carbonyl (C=O) groups is 1. The maximum Gasteiger partial charge on any atom is 0.220 e. The van der Waals surface area contributed by atoms with Gasteiger partial charge in [-0.05, 0) is 37.0 Å². The number of aryl methyl sites for hydroxylation is 1. The van der Waals surface area contributed by atoms with Crippen LogP contribution in [0.15, 0.2) is 42.9 Å². The highest BCUT2D eigenvalue weighted by molar-refractivity contribution is 5.76. The number of benzene rings is 1. The number of hydrogen-bond acceptors (Lipinski definition) is 5. The molecule has 2 N–H and O–H groups in total. The first-order valence-corrected chi connectivity index (χ1v) is 8.79. The number of halogens is 1. The lowest BCUT2D eigenvalue weighted by Crippen LogP contribution is -2.54. The third-order valence-electron chi connectivity index (χ3n) is 4.60. The Morgan fingerprint density at radius 1 is 1.31 bits per heavy atom. The van der Waals surface area contributed by atoms with Crippen molar-refractivity contribution >= 4 is 11.7 Å². The minimum absolute atomic E-state index is 0.126. The highest BCUT2D eigenvalue weighted by Crippen LogP contribution is 2.24. The average Bonchev–Trinajstić information content (AvgIpc) is 2.67. The van der Waals surface area contributed by atoms with Gasteiger partial charge in [-0.25, -0.2) is 9.37 Å². The Balaban J connectivity index is 1.48. The molecule has 1 atom stereocenters. The molecule has 1 fully saturated rings. The summed E-state index contributed by atoms with van der Waals surface area (Å²) in [7, 11) is 0. The highest BCUT2D eigenvalue weighted by Gasteiger charge is 2.34. The first-order chi connectivity index (χ1) is 12.5. The number of amides is 1. The fourth-order valence-electron chi connectivity index (χ4n) is 3.17. The summed E-state index contributed by atoms with van der Waals surface area (Å²) < 4.78 is 12.9. The van der Waals surface area contributed by atoms with E-state index in [9.17, 15) is 14.3 Å². The van der Waals surface area contributed by atoms with Crippen LogP contribution in [0.4, 0.5) is 10.2 Å². The molecule has 3 rings (SSSR count). The zero-order chi connectivity index (χ0) is 18.4. The van der Waals surface area contributed by atoms with E-state index in [0.717, 1.165) is 24.3 Å². The molecule has 1 unspecified atom stereocenters. The lowest BCUT2D eigenvalue weighted by atomic mass is 9.92. The van der Waals surface area contributed by atoms with E-state index in [1.165, 1.54) is 12.1 Å². The maximum atomic E-state index is 12.9. The van der Waals surface area contributed by atoms with Crippen molar-refractivity contribution in [2.24, 2.45) is 0 Å². The number of piperidine rings is 1. The van der Waals surface area contributed by atoms with Gasteiger partial charge in [0.15, 0.2) is 0 Å². The van der Waals surface area contributed by atoms with E-state index in [0.29, 0.717) is 25.8 Å². The van der Waals surface area contributed by atoms with E-state index in [2.05, 4.69) is 15.3 Å². The van der Waals surface area contributed by atoms with Gasteiger partial charge in [0.1, 0.15) is 11.6 Å². The van der Waals surface area contributed by atoms with Gasteiger partial charge < -0.3 is 15.3 Å². The SMILES string of the molecule is O=C(CCc1ccc(F)cc1)NCC1(O)CCCN(c2cnccn2)C1. The Morgan fingerprint density at radius 3 is 2.85 bits per heavy atom. The summed E-state index contributed by atoms with van der Waals surface area (Å²) in [6, 6.07) is 6.13. The minimum Gasteiger partial charge on any atom is -0.386 e. The van der Waals surface area contributed by atoms with Crippen molar-refractivity contribution in [1.29, 1.82) is 0 Å². The van der Waals surface area contributed by atoms with Gasteiger partial charge in [-0.3, -0.25) is 9.78 Å². The van der Waals surface area contributed by atoms with Gasteiger partial charge in [-0.1, -0.05) is 12.1 Å². The van der Waals surface area contributed by atoms with Gasteiger partial charge in [0.2, 0.25) is 5.91 Å². The molecule has 1 aromatic heterocycles. The Bertz CT molecular complexity index is 726. The maximum absolute atomic E-state index is 12.9. The van der Waals surface area contributed by atoms with E-state index < -0.39 is 5.60 Å². The number of anilines is 1. The number of carbonyl (C=O) groups excluding carboxylic acids is 1. The molecule has 6 nitrogen and oxygen atoms in total. The van der Waals surface area contributed by atoms with Crippen LogP contribution in [0, 0.1) is 5.82 Å². The smallest absolute Gasteiger partial charge is 0.220 e. The zero-order valence-electron chi connectivity index (χ0n) is 14.6. The first-order valence-electron chi connectivity index (χ1n) is 8.79. The van der Waals surface area contributed by atoms with Gasteiger partial charge in [0.05, 0.1) is 11.8 Å². The van der Waals surface area contributed by atoms with E-state index in [4.69, 9.17) is 0 Å². The van der Waals surface area contributed by atoms with Crippen LogP contribution in [0.25, 0.3) is 0 Å². The van der Waals surface area contributed by atoms with Gasteiger partial charge in [0, 0.05) is 38.4 Å². The molecule has 1 aliphatic heterocycles. The van der Waals surface area contributed by atoms with E-state index in [-0.39, 0.29) is 18.3 Å². The second-order valence-electron chi connectivity index (χ2n) is 6.72. The predicted octanol–water partition coefficient (Wildman–Crippen LogP) is 1.70. The third-order valence-corrected chi connectivity index (χ3v) is 4.60. The molecule has 7 heteroatoms. The van der Waals surface area contributed by atoms with Crippen LogP contribution in [0.1, 0.15) is 24.8 Å². The standard InChI is InChI=1S/C19H23FN4O2/c20-16-5-2-15(3-6-16)4-7-18(25)23-13-19(26)8-1-11-24(14-19)17-12-21-9-10-22-17/h2-3,5-6,9-10,12,26H,1,4,7-8,11,13-14H2,(H,23,25). The molecule has 1 saturated heterocycles. The lowest BCUT2D eigenvalue weighted by Gasteiger charge is -2.39. The number of aliphatic hydroxyl groups is 1. The minimum atomic E-state index is -0.985. The normalized spacial score (nSPS) is 20.0. The van der Waals surface area contributed by atoms with Crippen molar-refractivity contribution in [3.8, 4) is 0 Å². The largest absolute Gasteiger partial charge is 0.386 e. The number of nitrogens with one attached hydrogen (secondary N) is 1. The van der Waals surface area contributed by atoms with Crippen LogP contribution in [0.3, 0.4) is 0 Å². The van der Waals surface area contributed by atoms with Gasteiger partial charge in [0.25, 0.3) is 0 Å². The second-order valence-corrected chi connectivity index (χ2v) is 6.72. The molecule has 0 saturated carbocycles. The number of β-amino-alcohol motifs (C(OH)–C–C–N with tert-alkyl or cyclic N) is 1. The molecular weight excluding hydrogens is 335 g/mol. The molecule has 0 aliphatic carbocycles. The van der Waals surface area contributed by atoms with E-state index >= 15 is 0 Å². The van der Waals surface area contributed by atoms with E-state index in [1.807, 2.05) is 4.90 Å². The van der Waals surface area contributed by atoms with Gasteiger partial charge in [-0.15, -0.1) is 0 Å². The first kappa shape index (κ1) is 18.3. The summed E-state index contributed by atoms with van der Waals surface area (Å²) in [6.07, 6.45) is 7.20. The van der Waals surface area contributed by atoms with E-state index in [1.54, 1.807) is 30.7 Å². The number of hydrogen-bond donors (Lipinski definition) is 2. The Hall–Kier alpha value is -2.54. The quantitative estimate of drug-likeness (QED) is 0.822. The predicted molar refractivity (Wildman–Crippen MR) is 96.2 cm³/mol. The molecule has 1 amide bonds. The van der Waals surface area contributed by atoms with Crippen molar-refractivity contribution in [2.75, 3.05) is 24.5 Å². The third kappa shape index (κ3) is 4.98. The molecule has 0 bridgehead atoms. The Morgan fingerprint density at radius 2 is 2.12 bits per heavy atom. The van der Waals surface area contributed by atoms with Crippen molar-refractivity contribution in [3.05, 3.63) is 54.2 Å². The number of nitrogens with zero attached hydrogens (tertiary/aromatic N) is 3. The fraction of sp³-hybridized carbons (Fsp3) is 0.421. The molecular formula is C19H23FN4O2. The fourth-order valence-corrected chi connectivity index (χ4v) is 3.17. The molecule has 0 spiro atoms. The monoisotopic (exact) mass is 358 g/mol.